The number of hydrogen-bond acceptors (Lipinski definition) is 3. The van der Waals surface area contributed by atoms with E-state index in [-0.39, 0.29) is 6.42 Å². The van der Waals surface area contributed by atoms with E-state index in [0.717, 1.165) is 10.0 Å². The van der Waals surface area contributed by atoms with Gasteiger partial charge in [-0.15, -0.1) is 0 Å². The smallest absolute Gasteiger partial charge is 0.415 e. The summed E-state index contributed by atoms with van der Waals surface area (Å²) in [7, 11) is 0. The first-order valence-electron chi connectivity index (χ1n) is 6.60. The molecular weight excluding hydrogens is 338 g/mol. The zero-order valence-electron chi connectivity index (χ0n) is 12.4. The molecule has 1 aromatic carbocycles. The summed E-state index contributed by atoms with van der Waals surface area (Å²) in [5.74, 6) is -1.05. The fourth-order valence-electron chi connectivity index (χ4n) is 2.39. The summed E-state index contributed by atoms with van der Waals surface area (Å²) in [6.07, 6.45) is -0.395. The second kappa shape index (κ2) is 5.02. The van der Waals surface area contributed by atoms with Gasteiger partial charge in [-0.2, -0.15) is 0 Å². The first-order valence-corrected chi connectivity index (χ1v) is 7.39. The Kier molecular flexibility index (Phi) is 3.78. The van der Waals surface area contributed by atoms with Crippen molar-refractivity contribution in [1.29, 1.82) is 0 Å². The molecule has 0 aliphatic carbocycles. The number of fused-ring (bicyclic) bond motifs is 1. The van der Waals surface area contributed by atoms with Crippen LogP contribution >= 0.6 is 15.9 Å². The molecule has 0 saturated carbocycles. The molecule has 0 saturated heterocycles. The van der Waals surface area contributed by atoms with Crippen LogP contribution in [0.5, 0.6) is 0 Å². The average molecular weight is 356 g/mol. The van der Waals surface area contributed by atoms with Crippen LogP contribution in [0.15, 0.2) is 22.7 Å². The molecule has 6 heteroatoms. The van der Waals surface area contributed by atoms with Gasteiger partial charge < -0.3 is 9.84 Å². The van der Waals surface area contributed by atoms with Crippen molar-refractivity contribution < 1.29 is 19.4 Å². The van der Waals surface area contributed by atoms with Crippen LogP contribution in [0.2, 0.25) is 0 Å². The Morgan fingerprint density at radius 2 is 2.00 bits per heavy atom. The lowest BCUT2D eigenvalue weighted by Gasteiger charge is -2.33. The molecule has 114 valence electrons. The van der Waals surface area contributed by atoms with Gasteiger partial charge in [0.2, 0.25) is 0 Å². The van der Waals surface area contributed by atoms with Crippen molar-refractivity contribution in [2.75, 3.05) is 4.90 Å². The standard InChI is InChI=1S/C15H18BrNO4/c1-14(2,3)21-13(20)17-11-7-10(16)6-5-9(11)8-15(17,4)12(18)19/h5-7H,8H2,1-4H3,(H,18,19). The first-order chi connectivity index (χ1) is 9.54. The van der Waals surface area contributed by atoms with Gasteiger partial charge in [0, 0.05) is 10.9 Å². The van der Waals surface area contributed by atoms with Crippen LogP contribution < -0.4 is 4.90 Å². The molecule has 0 radical (unpaired) electrons. The molecule has 21 heavy (non-hydrogen) atoms. The topological polar surface area (TPSA) is 66.8 Å². The number of amides is 1. The van der Waals surface area contributed by atoms with Crippen LogP contribution in [-0.4, -0.2) is 28.3 Å². The maximum Gasteiger partial charge on any atom is 0.415 e. The number of benzene rings is 1. The van der Waals surface area contributed by atoms with Gasteiger partial charge >= 0.3 is 12.1 Å². The maximum absolute atomic E-state index is 12.5. The van der Waals surface area contributed by atoms with Crippen molar-refractivity contribution in [3.05, 3.63) is 28.2 Å². The SMILES string of the molecule is CC(C)(C)OC(=O)N1c2cc(Br)ccc2CC1(C)C(=O)O. The molecule has 0 spiro atoms. The Morgan fingerprint density at radius 1 is 1.38 bits per heavy atom. The number of hydrogen-bond donors (Lipinski definition) is 1. The zero-order chi connectivity index (χ0) is 16.0. The second-order valence-electron chi connectivity index (χ2n) is 6.34. The number of ether oxygens (including phenoxy) is 1. The summed E-state index contributed by atoms with van der Waals surface area (Å²) in [5.41, 5.74) is -0.644. The number of anilines is 1. The number of rotatable bonds is 1. The minimum absolute atomic E-state index is 0.254. The Morgan fingerprint density at radius 3 is 2.52 bits per heavy atom. The summed E-state index contributed by atoms with van der Waals surface area (Å²) in [6, 6.07) is 5.40. The number of carbonyl (C=O) groups is 2. The van der Waals surface area contributed by atoms with Crippen LogP contribution in [0.25, 0.3) is 0 Å². The van der Waals surface area contributed by atoms with Gasteiger partial charge in [0.1, 0.15) is 11.1 Å². The van der Waals surface area contributed by atoms with E-state index in [1.165, 1.54) is 11.8 Å². The van der Waals surface area contributed by atoms with Crippen molar-refractivity contribution in [2.24, 2.45) is 0 Å². The van der Waals surface area contributed by atoms with E-state index in [9.17, 15) is 14.7 Å². The third-order valence-corrected chi connectivity index (χ3v) is 3.85. The van der Waals surface area contributed by atoms with E-state index in [1.54, 1.807) is 26.8 Å². The third-order valence-electron chi connectivity index (χ3n) is 3.35. The van der Waals surface area contributed by atoms with Crippen molar-refractivity contribution >= 4 is 33.7 Å². The lowest BCUT2D eigenvalue weighted by atomic mass is 9.97. The minimum atomic E-state index is -1.34. The lowest BCUT2D eigenvalue weighted by Crippen LogP contribution is -2.54. The van der Waals surface area contributed by atoms with E-state index < -0.39 is 23.2 Å². The van der Waals surface area contributed by atoms with Gasteiger partial charge in [0.05, 0.1) is 5.69 Å². The van der Waals surface area contributed by atoms with Gasteiger partial charge in [0.25, 0.3) is 0 Å². The van der Waals surface area contributed by atoms with Crippen LogP contribution in [-0.2, 0) is 16.0 Å². The molecule has 1 aromatic rings. The Balaban J connectivity index is 2.50. The molecule has 0 bridgehead atoms. The maximum atomic E-state index is 12.5. The Hall–Kier alpha value is -1.56. The molecule has 1 N–H and O–H groups in total. The minimum Gasteiger partial charge on any atom is -0.479 e. The van der Waals surface area contributed by atoms with E-state index in [1.807, 2.05) is 12.1 Å². The van der Waals surface area contributed by atoms with E-state index in [2.05, 4.69) is 15.9 Å². The predicted molar refractivity (Wildman–Crippen MR) is 82.6 cm³/mol. The van der Waals surface area contributed by atoms with Gasteiger partial charge in [0.15, 0.2) is 0 Å². The molecule has 0 fully saturated rings. The average Bonchev–Trinajstić information content (AvgIpc) is 2.59. The highest BCUT2D eigenvalue weighted by molar-refractivity contribution is 9.10. The van der Waals surface area contributed by atoms with E-state index >= 15 is 0 Å². The monoisotopic (exact) mass is 355 g/mol. The molecule has 1 aliphatic heterocycles. The molecule has 0 aromatic heterocycles. The predicted octanol–water partition coefficient (Wildman–Crippen LogP) is 3.59. The number of halogens is 1. The largest absolute Gasteiger partial charge is 0.479 e. The van der Waals surface area contributed by atoms with Crippen LogP contribution in [0, 0.1) is 0 Å². The molecule has 1 aliphatic rings. The molecule has 1 atom stereocenters. The third kappa shape index (κ3) is 2.90. The normalized spacial score (nSPS) is 21.1. The number of carboxylic acids is 1. The first kappa shape index (κ1) is 15.8. The number of nitrogens with zero attached hydrogens (tertiary/aromatic N) is 1. The number of carbonyl (C=O) groups excluding carboxylic acids is 1. The molecular formula is C15H18BrNO4. The van der Waals surface area contributed by atoms with Crippen LogP contribution in [0.4, 0.5) is 10.5 Å². The highest BCUT2D eigenvalue weighted by Gasteiger charge is 2.50. The summed E-state index contributed by atoms with van der Waals surface area (Å²) < 4.78 is 6.15. The van der Waals surface area contributed by atoms with Gasteiger partial charge in [-0.05, 0) is 45.4 Å². The zero-order valence-corrected chi connectivity index (χ0v) is 14.0. The summed E-state index contributed by atoms with van der Waals surface area (Å²) in [6.45, 7) is 6.79. The van der Waals surface area contributed by atoms with Crippen molar-refractivity contribution in [2.45, 2.75) is 45.3 Å². The van der Waals surface area contributed by atoms with E-state index in [4.69, 9.17) is 4.74 Å². The molecule has 1 unspecified atom stereocenters. The van der Waals surface area contributed by atoms with Crippen LogP contribution in [0.1, 0.15) is 33.3 Å². The van der Waals surface area contributed by atoms with Crippen LogP contribution in [0.3, 0.4) is 0 Å². The van der Waals surface area contributed by atoms with Gasteiger partial charge in [-0.3, -0.25) is 4.90 Å². The van der Waals surface area contributed by atoms with Crippen molar-refractivity contribution in [1.82, 2.24) is 0 Å². The summed E-state index contributed by atoms with van der Waals surface area (Å²) in [4.78, 5) is 25.4. The highest BCUT2D eigenvalue weighted by Crippen LogP contribution is 2.41. The van der Waals surface area contributed by atoms with Crippen molar-refractivity contribution in [3.8, 4) is 0 Å². The lowest BCUT2D eigenvalue weighted by molar-refractivity contribution is -0.142. The van der Waals surface area contributed by atoms with Gasteiger partial charge in [-0.25, -0.2) is 9.59 Å². The molecule has 1 heterocycles. The fraction of sp³-hybridized carbons (Fsp3) is 0.467. The Bertz CT molecular complexity index is 608. The molecule has 2 rings (SSSR count). The molecule has 5 nitrogen and oxygen atoms in total. The second-order valence-corrected chi connectivity index (χ2v) is 7.26. The quantitative estimate of drug-likeness (QED) is 0.835. The van der Waals surface area contributed by atoms with Gasteiger partial charge in [-0.1, -0.05) is 22.0 Å². The highest BCUT2D eigenvalue weighted by atomic mass is 79.9. The summed E-state index contributed by atoms with van der Waals surface area (Å²) >= 11 is 3.35. The fourth-order valence-corrected chi connectivity index (χ4v) is 2.74. The van der Waals surface area contributed by atoms with E-state index in [0.29, 0.717) is 5.69 Å². The number of carboxylic acid groups (broad SMARTS) is 1. The van der Waals surface area contributed by atoms with Crippen molar-refractivity contribution in [3.63, 3.8) is 0 Å². The Labute approximate surface area is 132 Å². The summed E-state index contributed by atoms with van der Waals surface area (Å²) in [5, 5.41) is 9.57. The molecule has 1 amide bonds. The number of aliphatic carboxylic acids is 1.